The van der Waals surface area contributed by atoms with Gasteiger partial charge in [-0.1, -0.05) is 12.1 Å². The molecule has 3 nitrogen and oxygen atoms in total. The Morgan fingerprint density at radius 2 is 1.93 bits per heavy atom. The summed E-state index contributed by atoms with van der Waals surface area (Å²) in [6.07, 6.45) is 3.11. The Kier molecular flexibility index (Phi) is 2.72. The highest BCUT2D eigenvalue weighted by Crippen LogP contribution is 2.14. The molecule has 15 heavy (non-hydrogen) atoms. The van der Waals surface area contributed by atoms with Gasteiger partial charge >= 0.3 is 0 Å². The first-order chi connectivity index (χ1) is 7.24. The minimum absolute atomic E-state index is 0.197. The van der Waals surface area contributed by atoms with Crippen LogP contribution in [0.15, 0.2) is 36.0 Å². The van der Waals surface area contributed by atoms with Gasteiger partial charge in [0.2, 0.25) is 0 Å². The maximum atomic E-state index is 11.0. The summed E-state index contributed by atoms with van der Waals surface area (Å²) in [6, 6.07) is 7.04. The highest BCUT2D eigenvalue weighted by molar-refractivity contribution is 5.92. The second kappa shape index (κ2) is 4.17. The van der Waals surface area contributed by atoms with Crippen LogP contribution in [0, 0.1) is 0 Å². The van der Waals surface area contributed by atoms with Crippen LogP contribution < -0.4 is 5.32 Å². The fourth-order valence-electron chi connectivity index (χ4n) is 1.57. The predicted octanol–water partition coefficient (Wildman–Crippen LogP) is 1.73. The third kappa shape index (κ3) is 2.59. The average Bonchev–Trinajstić information content (AvgIpc) is 2.64. The summed E-state index contributed by atoms with van der Waals surface area (Å²) in [6.45, 7) is 0.694. The van der Waals surface area contributed by atoms with Gasteiger partial charge in [0.15, 0.2) is 5.78 Å². The molecule has 0 unspecified atom stereocenters. The molecule has 1 aromatic carbocycles. The minimum Gasteiger partial charge on any atom is -0.508 e. The van der Waals surface area contributed by atoms with E-state index in [0.717, 1.165) is 17.7 Å². The number of allylic oxidation sites excluding steroid dienone is 2. The van der Waals surface area contributed by atoms with E-state index in [2.05, 4.69) is 5.32 Å². The molecule has 3 heteroatoms. The van der Waals surface area contributed by atoms with E-state index in [9.17, 15) is 4.79 Å². The van der Waals surface area contributed by atoms with Gasteiger partial charge in [-0.15, -0.1) is 0 Å². The van der Waals surface area contributed by atoms with Crippen molar-refractivity contribution in [2.24, 2.45) is 0 Å². The number of carbonyl (C=O) groups is 1. The number of hydrogen-bond acceptors (Lipinski definition) is 3. The normalized spacial score (nSPS) is 15.2. The minimum atomic E-state index is 0.197. The molecule has 0 spiro atoms. The van der Waals surface area contributed by atoms with E-state index in [0.29, 0.717) is 13.0 Å². The number of phenols is 1. The third-order valence-electron chi connectivity index (χ3n) is 2.43. The molecule has 0 aliphatic heterocycles. The Morgan fingerprint density at radius 1 is 1.20 bits per heavy atom. The molecule has 1 aliphatic rings. The zero-order valence-electron chi connectivity index (χ0n) is 8.36. The lowest BCUT2D eigenvalue weighted by molar-refractivity contribution is -0.114. The van der Waals surface area contributed by atoms with Crippen LogP contribution in [-0.4, -0.2) is 10.9 Å². The molecule has 0 bridgehead atoms. The summed E-state index contributed by atoms with van der Waals surface area (Å²) in [5.74, 6) is 0.470. The van der Waals surface area contributed by atoms with E-state index in [1.807, 2.05) is 12.1 Å². The van der Waals surface area contributed by atoms with E-state index in [1.165, 1.54) is 0 Å². The van der Waals surface area contributed by atoms with E-state index in [-0.39, 0.29) is 11.5 Å². The molecular weight excluding hydrogens is 190 g/mol. The van der Waals surface area contributed by atoms with Gasteiger partial charge in [-0.3, -0.25) is 4.79 Å². The van der Waals surface area contributed by atoms with Crippen molar-refractivity contribution < 1.29 is 9.90 Å². The zero-order chi connectivity index (χ0) is 10.7. The monoisotopic (exact) mass is 203 g/mol. The van der Waals surface area contributed by atoms with Crippen molar-refractivity contribution in [1.29, 1.82) is 0 Å². The second-order valence-electron chi connectivity index (χ2n) is 3.66. The van der Waals surface area contributed by atoms with Crippen LogP contribution in [0.2, 0.25) is 0 Å². The Bertz CT molecular complexity index is 393. The first kappa shape index (κ1) is 9.77. The standard InChI is InChI=1S/C12H13NO2/c14-11-4-1-9(2-5-11)8-13-10-3-6-12(15)7-10/h1-2,4-5,7,13-14H,3,6,8H2. The van der Waals surface area contributed by atoms with Gasteiger partial charge in [-0.05, 0) is 24.1 Å². The van der Waals surface area contributed by atoms with Crippen LogP contribution in [0.4, 0.5) is 0 Å². The van der Waals surface area contributed by atoms with E-state index in [4.69, 9.17) is 5.11 Å². The fourth-order valence-corrected chi connectivity index (χ4v) is 1.57. The predicted molar refractivity (Wildman–Crippen MR) is 57.3 cm³/mol. The highest BCUT2D eigenvalue weighted by Gasteiger charge is 2.10. The lowest BCUT2D eigenvalue weighted by Gasteiger charge is -2.06. The van der Waals surface area contributed by atoms with E-state index >= 15 is 0 Å². The fraction of sp³-hybridized carbons (Fsp3) is 0.250. The summed E-state index contributed by atoms with van der Waals surface area (Å²) in [5, 5.41) is 12.3. The number of ketones is 1. The summed E-state index contributed by atoms with van der Waals surface area (Å²) in [4.78, 5) is 11.0. The number of phenolic OH excluding ortho intramolecular Hbond substituents is 1. The molecule has 2 rings (SSSR count). The quantitative estimate of drug-likeness (QED) is 0.786. The molecule has 0 radical (unpaired) electrons. The van der Waals surface area contributed by atoms with Gasteiger partial charge in [0.05, 0.1) is 0 Å². The molecule has 2 N–H and O–H groups in total. The third-order valence-corrected chi connectivity index (χ3v) is 2.43. The maximum absolute atomic E-state index is 11.0. The number of rotatable bonds is 3. The summed E-state index contributed by atoms with van der Waals surface area (Å²) >= 11 is 0. The smallest absolute Gasteiger partial charge is 0.157 e. The average molecular weight is 203 g/mol. The van der Waals surface area contributed by atoms with Gasteiger partial charge in [-0.25, -0.2) is 0 Å². The van der Waals surface area contributed by atoms with Crippen molar-refractivity contribution in [2.45, 2.75) is 19.4 Å². The van der Waals surface area contributed by atoms with Crippen LogP contribution in [-0.2, 0) is 11.3 Å². The number of nitrogens with one attached hydrogen (secondary N) is 1. The molecule has 0 aromatic heterocycles. The second-order valence-corrected chi connectivity index (χ2v) is 3.66. The summed E-state index contributed by atoms with van der Waals surface area (Å²) < 4.78 is 0. The topological polar surface area (TPSA) is 49.3 Å². The van der Waals surface area contributed by atoms with Crippen molar-refractivity contribution in [3.8, 4) is 5.75 Å². The number of aromatic hydroxyl groups is 1. The Hall–Kier alpha value is -1.77. The van der Waals surface area contributed by atoms with Crippen LogP contribution in [0.1, 0.15) is 18.4 Å². The summed E-state index contributed by atoms with van der Waals surface area (Å²) in [5.41, 5.74) is 2.10. The molecule has 0 atom stereocenters. The largest absolute Gasteiger partial charge is 0.508 e. The van der Waals surface area contributed by atoms with Crippen molar-refractivity contribution >= 4 is 5.78 Å². The van der Waals surface area contributed by atoms with Gasteiger partial charge in [0.1, 0.15) is 5.75 Å². The molecule has 1 aliphatic carbocycles. The van der Waals surface area contributed by atoms with Crippen molar-refractivity contribution in [3.63, 3.8) is 0 Å². The van der Waals surface area contributed by atoms with Crippen LogP contribution in [0.5, 0.6) is 5.75 Å². The molecule has 1 aromatic rings. The van der Waals surface area contributed by atoms with E-state index < -0.39 is 0 Å². The first-order valence-electron chi connectivity index (χ1n) is 4.99. The SMILES string of the molecule is O=C1C=C(NCc2ccc(O)cc2)CC1. The van der Waals surface area contributed by atoms with Gasteiger partial charge in [-0.2, -0.15) is 0 Å². The number of carbonyl (C=O) groups excluding carboxylic acids is 1. The number of hydrogen-bond donors (Lipinski definition) is 2. The molecular formula is C12H13NO2. The molecule has 0 saturated heterocycles. The lowest BCUT2D eigenvalue weighted by atomic mass is 10.2. The van der Waals surface area contributed by atoms with Gasteiger partial charge in [0, 0.05) is 24.7 Å². The maximum Gasteiger partial charge on any atom is 0.157 e. The van der Waals surface area contributed by atoms with Gasteiger partial charge < -0.3 is 10.4 Å². The molecule has 0 amide bonds. The Morgan fingerprint density at radius 3 is 2.53 bits per heavy atom. The molecule has 78 valence electrons. The summed E-state index contributed by atoms with van der Waals surface area (Å²) in [7, 11) is 0. The zero-order valence-corrected chi connectivity index (χ0v) is 8.36. The van der Waals surface area contributed by atoms with Crippen molar-refractivity contribution in [2.75, 3.05) is 0 Å². The van der Waals surface area contributed by atoms with Crippen molar-refractivity contribution in [1.82, 2.24) is 5.32 Å². The van der Waals surface area contributed by atoms with Crippen LogP contribution in [0.3, 0.4) is 0 Å². The van der Waals surface area contributed by atoms with Crippen LogP contribution >= 0.6 is 0 Å². The van der Waals surface area contributed by atoms with Crippen molar-refractivity contribution in [3.05, 3.63) is 41.6 Å². The first-order valence-corrected chi connectivity index (χ1v) is 4.99. The van der Waals surface area contributed by atoms with Gasteiger partial charge in [0.25, 0.3) is 0 Å². The molecule has 0 saturated carbocycles. The van der Waals surface area contributed by atoms with Crippen LogP contribution in [0.25, 0.3) is 0 Å². The number of benzene rings is 1. The molecule has 0 heterocycles. The lowest BCUT2D eigenvalue weighted by Crippen LogP contribution is -2.10. The molecule has 0 fully saturated rings. The highest BCUT2D eigenvalue weighted by atomic mass is 16.3. The van der Waals surface area contributed by atoms with E-state index in [1.54, 1.807) is 18.2 Å². The Balaban J connectivity index is 1.91. The Labute approximate surface area is 88.4 Å².